The van der Waals surface area contributed by atoms with Crippen molar-refractivity contribution in [3.63, 3.8) is 0 Å². The molecular weight excluding hydrogens is 428 g/mol. The molecule has 2 aromatic heterocycles. The van der Waals surface area contributed by atoms with Crippen LogP contribution in [0.1, 0.15) is 13.8 Å². The third-order valence-corrected chi connectivity index (χ3v) is 5.12. The van der Waals surface area contributed by atoms with Gasteiger partial charge < -0.3 is 28.3 Å². The van der Waals surface area contributed by atoms with E-state index in [0.717, 1.165) is 0 Å². The van der Waals surface area contributed by atoms with Crippen molar-refractivity contribution in [3.05, 3.63) is 51.0 Å². The summed E-state index contributed by atoms with van der Waals surface area (Å²) >= 11 is 0. The topological polar surface area (TPSA) is 121 Å². The van der Waals surface area contributed by atoms with Crippen LogP contribution >= 0.6 is 0 Å². The van der Waals surface area contributed by atoms with Crippen molar-refractivity contribution in [2.75, 3.05) is 21.3 Å². The molecule has 0 aliphatic rings. The van der Waals surface area contributed by atoms with Gasteiger partial charge in [0, 0.05) is 17.7 Å². The third-order valence-electron chi connectivity index (χ3n) is 5.12. The van der Waals surface area contributed by atoms with Crippen molar-refractivity contribution in [1.29, 1.82) is 0 Å². The first-order chi connectivity index (χ1) is 15.9. The molecular formula is C23H24N4O6. The Labute approximate surface area is 188 Å². The minimum absolute atomic E-state index is 0.200. The summed E-state index contributed by atoms with van der Waals surface area (Å²) in [5.74, 6) is 2.14. The average Bonchev–Trinajstić information content (AvgIpc) is 3.30. The van der Waals surface area contributed by atoms with Crippen LogP contribution in [0.4, 0.5) is 0 Å². The molecule has 0 saturated carbocycles. The first kappa shape index (κ1) is 22.1. The van der Waals surface area contributed by atoms with E-state index in [1.165, 1.54) is 25.9 Å². The monoisotopic (exact) mass is 452 g/mol. The van der Waals surface area contributed by atoms with Gasteiger partial charge in [-0.25, -0.2) is 0 Å². The number of nitrogens with one attached hydrogen (secondary N) is 1. The highest BCUT2D eigenvalue weighted by molar-refractivity contribution is 5.80. The van der Waals surface area contributed by atoms with Crippen LogP contribution in [0.2, 0.25) is 0 Å². The van der Waals surface area contributed by atoms with Gasteiger partial charge in [0.15, 0.2) is 11.5 Å². The summed E-state index contributed by atoms with van der Waals surface area (Å²) < 4.78 is 23.1. The molecule has 0 radical (unpaired) electrons. The summed E-state index contributed by atoms with van der Waals surface area (Å²) in [6, 6.07) is 8.68. The number of benzene rings is 2. The second-order valence-corrected chi connectivity index (χ2v) is 7.83. The van der Waals surface area contributed by atoms with E-state index in [1.54, 1.807) is 30.3 Å². The SMILES string of the molecule is COc1cc(-c2nc(-c3ccc4c(c3)[nH]c(=O)c(=O)n4CC(C)C)no2)cc(OC)c1OC. The maximum absolute atomic E-state index is 12.3. The Hall–Kier alpha value is -4.08. The number of aromatic amines is 1. The van der Waals surface area contributed by atoms with Crippen LogP contribution in [-0.2, 0) is 6.54 Å². The molecule has 10 nitrogen and oxygen atoms in total. The number of H-pyrrole nitrogens is 1. The van der Waals surface area contributed by atoms with Crippen LogP contribution in [0.15, 0.2) is 44.4 Å². The molecule has 0 atom stereocenters. The molecule has 0 fully saturated rings. The fourth-order valence-corrected chi connectivity index (χ4v) is 3.63. The summed E-state index contributed by atoms with van der Waals surface area (Å²) in [5, 5.41) is 4.07. The van der Waals surface area contributed by atoms with Gasteiger partial charge in [0.05, 0.1) is 32.4 Å². The zero-order chi connectivity index (χ0) is 23.7. The smallest absolute Gasteiger partial charge is 0.316 e. The highest BCUT2D eigenvalue weighted by atomic mass is 16.5. The quantitative estimate of drug-likeness (QED) is 0.425. The lowest BCUT2D eigenvalue weighted by Crippen LogP contribution is -2.37. The molecule has 172 valence electrons. The number of hydrogen-bond acceptors (Lipinski definition) is 8. The van der Waals surface area contributed by atoms with Crippen molar-refractivity contribution in [3.8, 4) is 40.1 Å². The Morgan fingerprint density at radius 3 is 2.30 bits per heavy atom. The zero-order valence-electron chi connectivity index (χ0n) is 19.0. The zero-order valence-corrected chi connectivity index (χ0v) is 19.0. The minimum Gasteiger partial charge on any atom is -0.493 e. The summed E-state index contributed by atoms with van der Waals surface area (Å²) in [5.41, 5.74) is 1.10. The molecule has 0 unspecified atom stereocenters. The fourth-order valence-electron chi connectivity index (χ4n) is 3.63. The fraction of sp³-hybridized carbons (Fsp3) is 0.304. The molecule has 2 aromatic carbocycles. The van der Waals surface area contributed by atoms with E-state index in [4.69, 9.17) is 18.7 Å². The second kappa shape index (κ2) is 8.81. The van der Waals surface area contributed by atoms with Gasteiger partial charge in [-0.15, -0.1) is 0 Å². The van der Waals surface area contributed by atoms with Crippen LogP contribution in [0.3, 0.4) is 0 Å². The molecule has 4 rings (SSSR count). The van der Waals surface area contributed by atoms with Gasteiger partial charge in [-0.3, -0.25) is 9.59 Å². The Kier molecular flexibility index (Phi) is 5.91. The lowest BCUT2D eigenvalue weighted by Gasteiger charge is -2.12. The van der Waals surface area contributed by atoms with Crippen LogP contribution in [-0.4, -0.2) is 41.0 Å². The van der Waals surface area contributed by atoms with Crippen LogP contribution < -0.4 is 25.3 Å². The Balaban J connectivity index is 1.78. The number of fused-ring (bicyclic) bond motifs is 1. The van der Waals surface area contributed by atoms with Crippen molar-refractivity contribution in [2.24, 2.45) is 5.92 Å². The maximum atomic E-state index is 12.3. The Morgan fingerprint density at radius 1 is 1.00 bits per heavy atom. The summed E-state index contributed by atoms with van der Waals surface area (Å²) in [6.07, 6.45) is 0. The molecule has 1 N–H and O–H groups in total. The maximum Gasteiger partial charge on any atom is 0.316 e. The van der Waals surface area contributed by atoms with Crippen molar-refractivity contribution in [1.82, 2.24) is 19.7 Å². The number of nitrogens with zero attached hydrogens (tertiary/aromatic N) is 3. The van der Waals surface area contributed by atoms with E-state index in [-0.39, 0.29) is 11.8 Å². The summed E-state index contributed by atoms with van der Waals surface area (Å²) in [7, 11) is 4.57. The van der Waals surface area contributed by atoms with Gasteiger partial charge in [-0.05, 0) is 36.2 Å². The predicted molar refractivity (Wildman–Crippen MR) is 122 cm³/mol. The second-order valence-electron chi connectivity index (χ2n) is 7.83. The summed E-state index contributed by atoms with van der Waals surface area (Å²) in [4.78, 5) is 31.6. The van der Waals surface area contributed by atoms with Crippen molar-refractivity contribution < 1.29 is 18.7 Å². The van der Waals surface area contributed by atoms with Crippen LogP contribution in [0.25, 0.3) is 33.9 Å². The van der Waals surface area contributed by atoms with Crippen LogP contribution in [0.5, 0.6) is 17.2 Å². The normalized spacial score (nSPS) is 11.2. The number of methoxy groups -OCH3 is 3. The highest BCUT2D eigenvalue weighted by Gasteiger charge is 2.19. The van der Waals surface area contributed by atoms with E-state index in [1.807, 2.05) is 13.8 Å². The van der Waals surface area contributed by atoms with E-state index in [2.05, 4.69) is 15.1 Å². The standard InChI is InChI=1S/C23H24N4O6/c1-12(2)11-27-16-7-6-13(8-15(16)24-21(28)23(27)29)20-25-22(33-26-20)14-9-17(30-3)19(32-5)18(10-14)31-4/h6-10,12H,11H2,1-5H3,(H,24,28). The molecule has 0 saturated heterocycles. The molecule has 10 heteroatoms. The van der Waals surface area contributed by atoms with E-state index in [0.29, 0.717) is 51.8 Å². The number of ether oxygens (including phenoxy) is 3. The predicted octanol–water partition coefficient (Wildman–Crippen LogP) is 3.09. The van der Waals surface area contributed by atoms with E-state index < -0.39 is 11.1 Å². The Morgan fingerprint density at radius 2 is 1.70 bits per heavy atom. The van der Waals surface area contributed by atoms with Gasteiger partial charge in [-0.1, -0.05) is 19.0 Å². The first-order valence-corrected chi connectivity index (χ1v) is 10.3. The molecule has 4 aromatic rings. The number of hydrogen-bond donors (Lipinski definition) is 1. The Bertz CT molecular complexity index is 1410. The van der Waals surface area contributed by atoms with Crippen LogP contribution in [0, 0.1) is 5.92 Å². The minimum atomic E-state index is -0.675. The first-order valence-electron chi connectivity index (χ1n) is 10.3. The molecule has 2 heterocycles. The van der Waals surface area contributed by atoms with Gasteiger partial charge >= 0.3 is 11.1 Å². The molecule has 0 amide bonds. The molecule has 0 bridgehead atoms. The third kappa shape index (κ3) is 4.07. The lowest BCUT2D eigenvalue weighted by atomic mass is 10.1. The van der Waals surface area contributed by atoms with E-state index >= 15 is 0 Å². The average molecular weight is 452 g/mol. The number of aromatic nitrogens is 4. The molecule has 0 aliphatic heterocycles. The molecule has 33 heavy (non-hydrogen) atoms. The van der Waals surface area contributed by atoms with Crippen molar-refractivity contribution in [2.45, 2.75) is 20.4 Å². The van der Waals surface area contributed by atoms with E-state index in [9.17, 15) is 9.59 Å². The van der Waals surface area contributed by atoms with Gasteiger partial charge in [0.2, 0.25) is 11.6 Å². The highest BCUT2D eigenvalue weighted by Crippen LogP contribution is 2.41. The summed E-state index contributed by atoms with van der Waals surface area (Å²) in [6.45, 7) is 4.40. The molecule has 0 spiro atoms. The molecule has 0 aliphatic carbocycles. The van der Waals surface area contributed by atoms with Gasteiger partial charge in [0.1, 0.15) is 0 Å². The lowest BCUT2D eigenvalue weighted by molar-refractivity contribution is 0.324. The van der Waals surface area contributed by atoms with Crippen molar-refractivity contribution >= 4 is 11.0 Å². The largest absolute Gasteiger partial charge is 0.493 e. The number of rotatable bonds is 7. The van der Waals surface area contributed by atoms with Gasteiger partial charge in [-0.2, -0.15) is 4.98 Å². The van der Waals surface area contributed by atoms with Gasteiger partial charge in [0.25, 0.3) is 5.89 Å².